The molecule has 6 heteroatoms. The number of carbonyl (C=O) groups excluding carboxylic acids is 2. The van der Waals surface area contributed by atoms with Crippen molar-refractivity contribution in [2.75, 3.05) is 20.2 Å². The zero-order valence-corrected chi connectivity index (χ0v) is 11.8. The number of hydrogen-bond donors (Lipinski definition) is 2. The first-order chi connectivity index (χ1) is 9.46. The molecule has 112 valence electrons. The summed E-state index contributed by atoms with van der Waals surface area (Å²) >= 11 is 0. The molecule has 0 aromatic heterocycles. The van der Waals surface area contributed by atoms with Crippen molar-refractivity contribution in [3.05, 3.63) is 0 Å². The van der Waals surface area contributed by atoms with Crippen LogP contribution in [-0.2, 0) is 14.3 Å². The Morgan fingerprint density at radius 2 is 1.85 bits per heavy atom. The van der Waals surface area contributed by atoms with Crippen LogP contribution in [0.4, 0.5) is 0 Å². The standard InChI is InChI=1S/C14H22N2O4/c1-20-10-8-9(17)13(10)4-6-16(7-5-13)12(19)14(2-3-14)11(15)18/h9-10,17H,2-8H2,1H3,(H2,15,18)/t9-,10+/m0/s1. The average Bonchev–Trinajstić information content (AvgIpc) is 3.25. The first kappa shape index (κ1) is 13.8. The fourth-order valence-electron chi connectivity index (χ4n) is 3.83. The summed E-state index contributed by atoms with van der Waals surface area (Å²) in [5.74, 6) is -0.621. The van der Waals surface area contributed by atoms with Gasteiger partial charge in [-0.05, 0) is 25.7 Å². The number of piperidine rings is 1. The Kier molecular flexibility index (Phi) is 3.06. The lowest BCUT2D eigenvalue weighted by Gasteiger charge is -2.56. The summed E-state index contributed by atoms with van der Waals surface area (Å²) in [4.78, 5) is 25.6. The summed E-state index contributed by atoms with van der Waals surface area (Å²) in [7, 11) is 1.67. The number of aliphatic hydroxyl groups is 1. The number of amides is 2. The number of aliphatic hydroxyl groups excluding tert-OH is 1. The molecule has 1 saturated heterocycles. The van der Waals surface area contributed by atoms with Crippen LogP contribution < -0.4 is 5.73 Å². The molecule has 2 amide bonds. The lowest BCUT2D eigenvalue weighted by Crippen LogP contribution is -2.63. The van der Waals surface area contributed by atoms with Gasteiger partial charge in [-0.1, -0.05) is 0 Å². The van der Waals surface area contributed by atoms with Gasteiger partial charge in [0.1, 0.15) is 5.41 Å². The Morgan fingerprint density at radius 3 is 2.25 bits per heavy atom. The maximum atomic E-state index is 12.4. The van der Waals surface area contributed by atoms with Gasteiger partial charge < -0.3 is 20.5 Å². The van der Waals surface area contributed by atoms with Crippen LogP contribution in [0.2, 0.25) is 0 Å². The highest BCUT2D eigenvalue weighted by Crippen LogP contribution is 2.52. The van der Waals surface area contributed by atoms with Crippen LogP contribution in [-0.4, -0.2) is 54.2 Å². The maximum Gasteiger partial charge on any atom is 0.238 e. The zero-order valence-electron chi connectivity index (χ0n) is 11.8. The highest BCUT2D eigenvalue weighted by molar-refractivity contribution is 6.07. The van der Waals surface area contributed by atoms with Gasteiger partial charge in [0.2, 0.25) is 11.8 Å². The molecule has 3 N–H and O–H groups in total. The molecule has 6 nitrogen and oxygen atoms in total. The Hall–Kier alpha value is -1.14. The number of nitrogens with two attached hydrogens (primary N) is 1. The molecule has 2 saturated carbocycles. The van der Waals surface area contributed by atoms with Crippen LogP contribution in [0.15, 0.2) is 0 Å². The summed E-state index contributed by atoms with van der Waals surface area (Å²) in [6.07, 6.45) is 3.03. The second-order valence-electron chi connectivity index (χ2n) is 6.45. The maximum absolute atomic E-state index is 12.4. The van der Waals surface area contributed by atoms with Crippen LogP contribution in [0.3, 0.4) is 0 Å². The predicted molar refractivity (Wildman–Crippen MR) is 70.5 cm³/mol. The molecule has 3 aliphatic rings. The van der Waals surface area contributed by atoms with Crippen molar-refractivity contribution in [2.24, 2.45) is 16.6 Å². The molecule has 0 bridgehead atoms. The van der Waals surface area contributed by atoms with E-state index in [1.165, 1.54) is 0 Å². The van der Waals surface area contributed by atoms with Gasteiger partial charge in [0.05, 0.1) is 12.2 Å². The van der Waals surface area contributed by atoms with Crippen LogP contribution in [0.1, 0.15) is 32.1 Å². The van der Waals surface area contributed by atoms with Crippen LogP contribution in [0.5, 0.6) is 0 Å². The van der Waals surface area contributed by atoms with Crippen molar-refractivity contribution in [3.8, 4) is 0 Å². The minimum absolute atomic E-state index is 0.0841. The first-order valence-electron chi connectivity index (χ1n) is 7.26. The van der Waals surface area contributed by atoms with Gasteiger partial charge in [0.15, 0.2) is 0 Å². The molecular formula is C14H22N2O4. The molecule has 2 atom stereocenters. The summed E-state index contributed by atoms with van der Waals surface area (Å²) in [6.45, 7) is 1.15. The molecule has 0 radical (unpaired) electrons. The van der Waals surface area contributed by atoms with E-state index < -0.39 is 11.3 Å². The number of ether oxygens (including phenoxy) is 1. The Balaban J connectivity index is 1.65. The van der Waals surface area contributed by atoms with Crippen molar-refractivity contribution in [1.82, 2.24) is 4.90 Å². The molecule has 0 unspecified atom stereocenters. The third kappa shape index (κ3) is 1.71. The summed E-state index contributed by atoms with van der Waals surface area (Å²) in [5.41, 5.74) is 4.22. The van der Waals surface area contributed by atoms with Gasteiger partial charge in [-0.25, -0.2) is 0 Å². The third-order valence-corrected chi connectivity index (χ3v) is 5.64. The minimum Gasteiger partial charge on any atom is -0.392 e. The normalized spacial score (nSPS) is 33.6. The summed E-state index contributed by atoms with van der Waals surface area (Å²) in [6, 6.07) is 0. The third-order valence-electron chi connectivity index (χ3n) is 5.64. The van der Waals surface area contributed by atoms with Gasteiger partial charge >= 0.3 is 0 Å². The van der Waals surface area contributed by atoms with Gasteiger partial charge in [0, 0.05) is 32.0 Å². The molecule has 1 heterocycles. The van der Waals surface area contributed by atoms with E-state index in [0.29, 0.717) is 32.4 Å². The molecule has 0 aromatic carbocycles. The van der Waals surface area contributed by atoms with E-state index >= 15 is 0 Å². The number of nitrogens with zero attached hydrogens (tertiary/aromatic N) is 1. The predicted octanol–water partition coefficient (Wildman–Crippen LogP) is -0.360. The van der Waals surface area contributed by atoms with Gasteiger partial charge in [-0.15, -0.1) is 0 Å². The van der Waals surface area contributed by atoms with E-state index in [1.807, 2.05) is 0 Å². The lowest BCUT2D eigenvalue weighted by atomic mass is 9.58. The molecule has 1 spiro atoms. The SMILES string of the molecule is CO[C@@H]1C[C@H](O)C12CCN(C(=O)C1(C(N)=O)CC1)CC2. The average molecular weight is 282 g/mol. The highest BCUT2D eigenvalue weighted by Gasteiger charge is 2.60. The van der Waals surface area contributed by atoms with E-state index in [2.05, 4.69) is 0 Å². The fourth-order valence-corrected chi connectivity index (χ4v) is 3.83. The highest BCUT2D eigenvalue weighted by atomic mass is 16.5. The number of hydrogen-bond acceptors (Lipinski definition) is 4. The van der Waals surface area contributed by atoms with Gasteiger partial charge in [-0.2, -0.15) is 0 Å². The van der Waals surface area contributed by atoms with Crippen molar-refractivity contribution in [2.45, 2.75) is 44.3 Å². The fraction of sp³-hybridized carbons (Fsp3) is 0.857. The number of rotatable bonds is 3. The van der Waals surface area contributed by atoms with E-state index in [0.717, 1.165) is 12.8 Å². The van der Waals surface area contributed by atoms with Crippen LogP contribution in [0.25, 0.3) is 0 Å². The van der Waals surface area contributed by atoms with E-state index in [4.69, 9.17) is 10.5 Å². The van der Waals surface area contributed by atoms with E-state index in [9.17, 15) is 14.7 Å². The largest absolute Gasteiger partial charge is 0.392 e. The van der Waals surface area contributed by atoms with Gasteiger partial charge in [-0.3, -0.25) is 9.59 Å². The molecule has 0 aromatic rings. The Morgan fingerprint density at radius 1 is 1.25 bits per heavy atom. The second kappa shape index (κ2) is 4.43. The van der Waals surface area contributed by atoms with Crippen molar-refractivity contribution < 1.29 is 19.4 Å². The van der Waals surface area contributed by atoms with Crippen LogP contribution in [0, 0.1) is 10.8 Å². The summed E-state index contributed by atoms with van der Waals surface area (Å²) in [5, 5.41) is 10.1. The topological polar surface area (TPSA) is 92.9 Å². The Labute approximate surface area is 118 Å². The quantitative estimate of drug-likeness (QED) is 0.691. The minimum atomic E-state index is -0.927. The van der Waals surface area contributed by atoms with E-state index in [-0.39, 0.29) is 23.5 Å². The molecule has 3 fully saturated rings. The zero-order chi connectivity index (χ0) is 14.5. The van der Waals surface area contributed by atoms with Crippen molar-refractivity contribution in [3.63, 3.8) is 0 Å². The number of primary amides is 1. The first-order valence-corrected chi connectivity index (χ1v) is 7.26. The van der Waals surface area contributed by atoms with Crippen LogP contribution >= 0.6 is 0 Å². The molecule has 3 rings (SSSR count). The molecular weight excluding hydrogens is 260 g/mol. The van der Waals surface area contributed by atoms with Crippen molar-refractivity contribution >= 4 is 11.8 Å². The van der Waals surface area contributed by atoms with E-state index in [1.54, 1.807) is 12.0 Å². The lowest BCUT2D eigenvalue weighted by molar-refractivity contribution is -0.203. The smallest absolute Gasteiger partial charge is 0.238 e. The monoisotopic (exact) mass is 282 g/mol. The second-order valence-corrected chi connectivity index (χ2v) is 6.45. The number of likely N-dealkylation sites (tertiary alicyclic amines) is 1. The Bertz CT molecular complexity index is 438. The molecule has 20 heavy (non-hydrogen) atoms. The summed E-state index contributed by atoms with van der Waals surface area (Å²) < 4.78 is 5.43. The molecule has 1 aliphatic heterocycles. The number of carbonyl (C=O) groups is 2. The molecule has 2 aliphatic carbocycles. The number of methoxy groups -OCH3 is 1. The van der Waals surface area contributed by atoms with Gasteiger partial charge in [0.25, 0.3) is 0 Å². The van der Waals surface area contributed by atoms with Crippen molar-refractivity contribution in [1.29, 1.82) is 0 Å².